The maximum Gasteiger partial charge on any atom is 0.336 e. The van der Waals surface area contributed by atoms with Crippen molar-refractivity contribution >= 4 is 6.03 Å². The van der Waals surface area contributed by atoms with Crippen molar-refractivity contribution < 1.29 is 23.4 Å². The van der Waals surface area contributed by atoms with Crippen molar-refractivity contribution in [3.05, 3.63) is 32.9 Å². The van der Waals surface area contributed by atoms with E-state index in [1.54, 1.807) is 12.1 Å². The Morgan fingerprint density at radius 3 is 2.33 bits per heavy atom. The molecular formula is C14H20FN3O6. The van der Waals surface area contributed by atoms with Crippen LogP contribution in [0.3, 0.4) is 0 Å². The summed E-state index contributed by atoms with van der Waals surface area (Å²) in [4.78, 5) is 36.6. The van der Waals surface area contributed by atoms with Crippen molar-refractivity contribution in [1.82, 2.24) is 14.9 Å². The Morgan fingerprint density at radius 1 is 1.17 bits per heavy atom. The quantitative estimate of drug-likeness (QED) is 0.757. The molecule has 0 aliphatic heterocycles. The lowest BCUT2D eigenvalue weighted by Crippen LogP contribution is -2.56. The molecule has 1 aliphatic rings. The third-order valence-electron chi connectivity index (χ3n) is 4.15. The van der Waals surface area contributed by atoms with Crippen molar-refractivity contribution in [3.63, 3.8) is 0 Å². The van der Waals surface area contributed by atoms with Crippen molar-refractivity contribution in [3.8, 4) is 0 Å². The first kappa shape index (κ1) is 18.3. The highest BCUT2D eigenvalue weighted by Crippen LogP contribution is 2.26. The van der Waals surface area contributed by atoms with Crippen molar-refractivity contribution in [1.29, 1.82) is 0 Å². The van der Waals surface area contributed by atoms with E-state index in [1.807, 2.05) is 0 Å². The molecule has 4 unspecified atom stereocenters. The van der Waals surface area contributed by atoms with Crippen LogP contribution in [0, 0.1) is 5.82 Å². The highest BCUT2D eigenvalue weighted by Gasteiger charge is 2.38. The molecule has 1 heterocycles. The second kappa shape index (κ2) is 7.69. The number of ether oxygens (including phenoxy) is 3. The van der Waals surface area contributed by atoms with Gasteiger partial charge in [0.2, 0.25) is 5.82 Å². The first-order valence-corrected chi connectivity index (χ1v) is 7.32. The van der Waals surface area contributed by atoms with Crippen molar-refractivity contribution in [2.45, 2.75) is 37.2 Å². The van der Waals surface area contributed by atoms with Crippen LogP contribution in [-0.4, -0.2) is 61.3 Å². The van der Waals surface area contributed by atoms with Gasteiger partial charge in [0, 0.05) is 27.8 Å². The standard InChI is InChI=1S/C14H20FN3O6/c1-22-9-5-11(24-3)10(23-2)4-8(9)16-13(20)18-6-7(15)12(19)17-14(18)21/h6,8-11H,4-5H2,1-3H3,(H,16,20)(H,17,19,21). The molecule has 24 heavy (non-hydrogen) atoms. The lowest BCUT2D eigenvalue weighted by atomic mass is 9.87. The average Bonchev–Trinajstić information content (AvgIpc) is 2.57. The third kappa shape index (κ3) is 3.71. The zero-order valence-corrected chi connectivity index (χ0v) is 13.6. The van der Waals surface area contributed by atoms with E-state index in [0.29, 0.717) is 23.6 Å². The topological polar surface area (TPSA) is 112 Å². The largest absolute Gasteiger partial charge is 0.379 e. The van der Waals surface area contributed by atoms with Crippen LogP contribution in [0.2, 0.25) is 0 Å². The first-order valence-electron chi connectivity index (χ1n) is 7.32. The molecular weight excluding hydrogens is 325 g/mol. The summed E-state index contributed by atoms with van der Waals surface area (Å²) in [6.45, 7) is 0. The maximum absolute atomic E-state index is 13.3. The average molecular weight is 345 g/mol. The molecule has 1 saturated carbocycles. The minimum atomic E-state index is -1.23. The number of carbonyl (C=O) groups excluding carboxylic acids is 1. The Balaban J connectivity index is 2.19. The van der Waals surface area contributed by atoms with Gasteiger partial charge < -0.3 is 19.5 Å². The number of nitrogens with one attached hydrogen (secondary N) is 2. The van der Waals surface area contributed by atoms with Gasteiger partial charge in [0.1, 0.15) is 0 Å². The van der Waals surface area contributed by atoms with Gasteiger partial charge in [0.15, 0.2) is 0 Å². The highest BCUT2D eigenvalue weighted by atomic mass is 19.1. The van der Waals surface area contributed by atoms with E-state index in [0.717, 1.165) is 0 Å². The first-order chi connectivity index (χ1) is 11.4. The smallest absolute Gasteiger partial charge is 0.336 e. The van der Waals surface area contributed by atoms with Gasteiger partial charge >= 0.3 is 11.7 Å². The molecule has 1 amide bonds. The fraction of sp³-hybridized carbons (Fsp3) is 0.643. The van der Waals surface area contributed by atoms with Crippen LogP contribution >= 0.6 is 0 Å². The summed E-state index contributed by atoms with van der Waals surface area (Å²) in [6, 6.07) is -1.34. The number of aromatic nitrogens is 2. The van der Waals surface area contributed by atoms with Gasteiger partial charge in [-0.25, -0.2) is 14.2 Å². The summed E-state index contributed by atoms with van der Waals surface area (Å²) in [6.07, 6.45) is 0.587. The molecule has 0 saturated heterocycles. The van der Waals surface area contributed by atoms with E-state index in [2.05, 4.69) is 5.32 Å². The SMILES string of the molecule is COC1CC(OC)C(OC)CC1NC(=O)n1cc(F)c(=O)[nH]c1=O. The fourth-order valence-electron chi connectivity index (χ4n) is 2.83. The van der Waals surface area contributed by atoms with Crippen LogP contribution in [0.4, 0.5) is 9.18 Å². The van der Waals surface area contributed by atoms with E-state index in [1.165, 1.54) is 14.2 Å². The molecule has 9 nitrogen and oxygen atoms in total. The molecule has 0 spiro atoms. The van der Waals surface area contributed by atoms with E-state index in [9.17, 15) is 18.8 Å². The molecule has 1 fully saturated rings. The Hall–Kier alpha value is -2.04. The van der Waals surface area contributed by atoms with Gasteiger partial charge in [-0.15, -0.1) is 0 Å². The molecule has 10 heteroatoms. The summed E-state index contributed by atoms with van der Waals surface area (Å²) in [5.74, 6) is -1.23. The summed E-state index contributed by atoms with van der Waals surface area (Å²) < 4.78 is 29.9. The van der Waals surface area contributed by atoms with Crippen molar-refractivity contribution in [2.75, 3.05) is 21.3 Å². The lowest BCUT2D eigenvalue weighted by molar-refractivity contribution is -0.104. The Kier molecular flexibility index (Phi) is 5.86. The predicted octanol–water partition coefficient (Wildman–Crippen LogP) is -0.559. The second-order valence-corrected chi connectivity index (χ2v) is 5.46. The lowest BCUT2D eigenvalue weighted by Gasteiger charge is -2.39. The molecule has 2 rings (SSSR count). The predicted molar refractivity (Wildman–Crippen MR) is 80.6 cm³/mol. The van der Waals surface area contributed by atoms with Crippen LogP contribution in [0.1, 0.15) is 12.8 Å². The van der Waals surface area contributed by atoms with E-state index in [4.69, 9.17) is 14.2 Å². The number of halogens is 1. The third-order valence-corrected chi connectivity index (χ3v) is 4.15. The van der Waals surface area contributed by atoms with Crippen LogP contribution in [0.15, 0.2) is 15.8 Å². The number of aromatic amines is 1. The molecule has 4 atom stereocenters. The Morgan fingerprint density at radius 2 is 1.75 bits per heavy atom. The number of hydrogen-bond acceptors (Lipinski definition) is 6. The molecule has 2 N–H and O–H groups in total. The number of H-pyrrole nitrogens is 1. The normalized spacial score (nSPS) is 27.0. The minimum absolute atomic E-state index is 0.193. The number of hydrogen-bond donors (Lipinski definition) is 2. The Labute approximate surface area is 136 Å². The zero-order chi connectivity index (χ0) is 17.9. The monoisotopic (exact) mass is 345 g/mol. The number of rotatable bonds is 4. The zero-order valence-electron chi connectivity index (χ0n) is 13.6. The molecule has 1 aromatic heterocycles. The van der Waals surface area contributed by atoms with Gasteiger partial charge in [-0.1, -0.05) is 0 Å². The van der Waals surface area contributed by atoms with E-state index < -0.39 is 29.1 Å². The summed E-state index contributed by atoms with van der Waals surface area (Å²) >= 11 is 0. The summed E-state index contributed by atoms with van der Waals surface area (Å²) in [5.41, 5.74) is -2.21. The molecule has 134 valence electrons. The van der Waals surface area contributed by atoms with E-state index in [-0.39, 0.29) is 18.3 Å². The number of methoxy groups -OCH3 is 3. The van der Waals surface area contributed by atoms with Gasteiger partial charge in [0.25, 0.3) is 5.56 Å². The van der Waals surface area contributed by atoms with Crippen LogP contribution in [0.25, 0.3) is 0 Å². The van der Waals surface area contributed by atoms with Crippen LogP contribution in [0.5, 0.6) is 0 Å². The number of carbonyl (C=O) groups is 1. The van der Waals surface area contributed by atoms with Gasteiger partial charge in [-0.05, 0) is 6.42 Å². The highest BCUT2D eigenvalue weighted by molar-refractivity contribution is 5.76. The van der Waals surface area contributed by atoms with E-state index >= 15 is 0 Å². The van der Waals surface area contributed by atoms with Gasteiger partial charge in [-0.2, -0.15) is 4.39 Å². The number of amides is 1. The molecule has 0 aromatic carbocycles. The summed E-state index contributed by atoms with van der Waals surface area (Å²) in [7, 11) is 4.59. The van der Waals surface area contributed by atoms with Crippen LogP contribution < -0.4 is 16.6 Å². The van der Waals surface area contributed by atoms with Gasteiger partial charge in [-0.3, -0.25) is 9.78 Å². The molecule has 0 bridgehead atoms. The Bertz CT molecular complexity index is 702. The van der Waals surface area contributed by atoms with Crippen molar-refractivity contribution in [2.24, 2.45) is 0 Å². The van der Waals surface area contributed by atoms with Crippen LogP contribution in [-0.2, 0) is 14.2 Å². The summed E-state index contributed by atoms with van der Waals surface area (Å²) in [5, 5.41) is 2.61. The fourth-order valence-corrected chi connectivity index (χ4v) is 2.83. The maximum atomic E-state index is 13.3. The molecule has 0 radical (unpaired) electrons. The van der Waals surface area contributed by atoms with Gasteiger partial charge in [0.05, 0.1) is 30.6 Å². The molecule has 1 aliphatic carbocycles. The second-order valence-electron chi connectivity index (χ2n) is 5.46. The molecule has 1 aromatic rings. The minimum Gasteiger partial charge on any atom is -0.379 e. The number of nitrogens with zero attached hydrogens (tertiary/aromatic N) is 1.